The van der Waals surface area contributed by atoms with Gasteiger partial charge in [0.25, 0.3) is 0 Å². The lowest BCUT2D eigenvalue weighted by atomic mass is 10.1. The van der Waals surface area contributed by atoms with Crippen LogP contribution in [0.3, 0.4) is 0 Å². The number of terminal acetylenes is 1. The van der Waals surface area contributed by atoms with Gasteiger partial charge in [-0.15, -0.1) is 6.42 Å². The predicted octanol–water partition coefficient (Wildman–Crippen LogP) is 1.09. The van der Waals surface area contributed by atoms with E-state index in [1.165, 1.54) is 18.2 Å². The van der Waals surface area contributed by atoms with Crippen LogP contribution in [-0.4, -0.2) is 28.8 Å². The van der Waals surface area contributed by atoms with Crippen LogP contribution in [-0.2, 0) is 0 Å². The van der Waals surface area contributed by atoms with Crippen LogP contribution >= 0.6 is 0 Å². The Bertz CT molecular complexity index is 438. The molecule has 2 N–H and O–H groups in total. The van der Waals surface area contributed by atoms with Crippen molar-refractivity contribution < 1.29 is 24.5 Å². The van der Waals surface area contributed by atoms with Gasteiger partial charge in [0.1, 0.15) is 23.5 Å². The third-order valence-electron chi connectivity index (χ3n) is 1.78. The summed E-state index contributed by atoms with van der Waals surface area (Å²) in [6.07, 6.45) is 4.96. The molecule has 0 radical (unpaired) electrons. The van der Waals surface area contributed by atoms with Gasteiger partial charge in [-0.3, -0.25) is 0 Å². The van der Waals surface area contributed by atoms with E-state index in [1.54, 1.807) is 0 Å². The van der Waals surface area contributed by atoms with Crippen molar-refractivity contribution in [2.45, 2.75) is 0 Å². The van der Waals surface area contributed by atoms with Gasteiger partial charge in [0, 0.05) is 0 Å². The van der Waals surface area contributed by atoms with Crippen molar-refractivity contribution in [3.05, 3.63) is 29.3 Å². The van der Waals surface area contributed by atoms with Gasteiger partial charge in [0.15, 0.2) is 0 Å². The van der Waals surface area contributed by atoms with Crippen LogP contribution in [0.15, 0.2) is 18.2 Å². The van der Waals surface area contributed by atoms with Crippen LogP contribution in [0.1, 0.15) is 20.7 Å². The quantitative estimate of drug-likeness (QED) is 0.742. The third kappa shape index (κ3) is 2.30. The van der Waals surface area contributed by atoms with Crippen LogP contribution in [0.4, 0.5) is 0 Å². The number of rotatable bonds is 4. The second-order valence-electron chi connectivity index (χ2n) is 2.79. The van der Waals surface area contributed by atoms with Gasteiger partial charge in [0.2, 0.25) is 0 Å². The molecule has 0 aromatic heterocycles. The zero-order valence-electron chi connectivity index (χ0n) is 8.14. The highest BCUT2D eigenvalue weighted by atomic mass is 16.5. The summed E-state index contributed by atoms with van der Waals surface area (Å²) >= 11 is 0. The zero-order valence-corrected chi connectivity index (χ0v) is 8.14. The van der Waals surface area contributed by atoms with E-state index in [2.05, 4.69) is 5.92 Å². The molecule has 0 saturated carbocycles. The molecule has 0 fully saturated rings. The lowest BCUT2D eigenvalue weighted by Gasteiger charge is -2.09. The first-order chi connectivity index (χ1) is 7.57. The molecule has 1 rings (SSSR count). The minimum Gasteiger partial charge on any atom is -0.479 e. The average molecular weight is 220 g/mol. The van der Waals surface area contributed by atoms with E-state index >= 15 is 0 Å². The monoisotopic (exact) mass is 220 g/mol. The van der Waals surface area contributed by atoms with Crippen molar-refractivity contribution >= 4 is 11.9 Å². The minimum atomic E-state index is -1.27. The maximum absolute atomic E-state index is 10.8. The lowest BCUT2D eigenvalue weighted by Crippen LogP contribution is -2.09. The maximum atomic E-state index is 10.8. The van der Waals surface area contributed by atoms with E-state index in [-0.39, 0.29) is 23.5 Å². The van der Waals surface area contributed by atoms with E-state index in [4.69, 9.17) is 21.4 Å². The molecule has 0 unspecified atom stereocenters. The first kappa shape index (κ1) is 11.6. The Kier molecular flexibility index (Phi) is 3.51. The molecule has 5 nitrogen and oxygen atoms in total. The highest BCUT2D eigenvalue weighted by Crippen LogP contribution is 2.24. The number of hydrogen-bond donors (Lipinski definition) is 2. The Balaban J connectivity index is 3.30. The largest absolute Gasteiger partial charge is 0.479 e. The molecule has 5 heteroatoms. The summed E-state index contributed by atoms with van der Waals surface area (Å²) in [7, 11) is 0. The number of ether oxygens (including phenoxy) is 1. The normalized spacial score (nSPS) is 9.19. The highest BCUT2D eigenvalue weighted by molar-refractivity contribution is 5.98. The van der Waals surface area contributed by atoms with Crippen LogP contribution < -0.4 is 4.74 Å². The molecule has 82 valence electrons. The summed E-state index contributed by atoms with van der Waals surface area (Å²) in [5, 5.41) is 17.7. The number of carboxylic acid groups (broad SMARTS) is 2. The van der Waals surface area contributed by atoms with Crippen molar-refractivity contribution in [2.75, 3.05) is 6.61 Å². The zero-order chi connectivity index (χ0) is 12.1. The van der Waals surface area contributed by atoms with Crippen molar-refractivity contribution in [3.63, 3.8) is 0 Å². The van der Waals surface area contributed by atoms with Crippen LogP contribution in [0.5, 0.6) is 5.75 Å². The fourth-order valence-electron chi connectivity index (χ4n) is 1.14. The minimum absolute atomic E-state index is 0.190. The molecule has 0 bridgehead atoms. The second-order valence-corrected chi connectivity index (χ2v) is 2.79. The van der Waals surface area contributed by atoms with Gasteiger partial charge in [-0.1, -0.05) is 12.0 Å². The predicted molar refractivity (Wildman–Crippen MR) is 54.7 cm³/mol. The Hall–Kier alpha value is -2.48. The van der Waals surface area contributed by atoms with Crippen LogP contribution in [0, 0.1) is 12.3 Å². The lowest BCUT2D eigenvalue weighted by molar-refractivity contribution is 0.0690. The van der Waals surface area contributed by atoms with Crippen molar-refractivity contribution in [1.29, 1.82) is 0 Å². The number of hydrogen-bond acceptors (Lipinski definition) is 3. The van der Waals surface area contributed by atoms with E-state index in [1.807, 2.05) is 0 Å². The summed E-state index contributed by atoms with van der Waals surface area (Å²) in [5.41, 5.74) is -0.453. The topological polar surface area (TPSA) is 83.8 Å². The van der Waals surface area contributed by atoms with Gasteiger partial charge in [0.05, 0.1) is 0 Å². The van der Waals surface area contributed by atoms with E-state index in [9.17, 15) is 9.59 Å². The smallest absolute Gasteiger partial charge is 0.339 e. The summed E-state index contributed by atoms with van der Waals surface area (Å²) in [5.74, 6) is -0.618. The van der Waals surface area contributed by atoms with Crippen molar-refractivity contribution in [2.24, 2.45) is 0 Å². The van der Waals surface area contributed by atoms with Crippen LogP contribution in [0.25, 0.3) is 0 Å². The number of carboxylic acids is 2. The molecule has 0 spiro atoms. The molecule has 0 aliphatic rings. The Morgan fingerprint density at radius 2 is 1.75 bits per heavy atom. The van der Waals surface area contributed by atoms with Gasteiger partial charge < -0.3 is 14.9 Å². The molecule has 1 aromatic carbocycles. The maximum Gasteiger partial charge on any atom is 0.339 e. The van der Waals surface area contributed by atoms with Crippen LogP contribution in [0.2, 0.25) is 0 Å². The molecular weight excluding hydrogens is 212 g/mol. The first-order valence-electron chi connectivity index (χ1n) is 4.23. The summed E-state index contributed by atoms with van der Waals surface area (Å²) in [6, 6.07) is 3.83. The fraction of sp³-hybridized carbons (Fsp3) is 0.0909. The molecule has 1 aromatic rings. The molecule has 0 saturated heterocycles. The number of benzene rings is 1. The molecular formula is C11H8O5. The SMILES string of the molecule is C#CCOc1c(C(=O)O)cccc1C(=O)O. The summed E-state index contributed by atoms with van der Waals surface area (Å²) < 4.78 is 4.94. The number of para-hydroxylation sites is 1. The van der Waals surface area contributed by atoms with E-state index < -0.39 is 11.9 Å². The van der Waals surface area contributed by atoms with Gasteiger partial charge in [-0.05, 0) is 12.1 Å². The molecule has 0 atom stereocenters. The molecule has 0 amide bonds. The Morgan fingerprint density at radius 3 is 2.12 bits per heavy atom. The Morgan fingerprint density at radius 1 is 1.25 bits per heavy atom. The number of carbonyl (C=O) groups is 2. The van der Waals surface area contributed by atoms with Crippen molar-refractivity contribution in [3.8, 4) is 18.1 Å². The average Bonchev–Trinajstić information content (AvgIpc) is 2.25. The second kappa shape index (κ2) is 4.84. The highest BCUT2D eigenvalue weighted by Gasteiger charge is 2.19. The Labute approximate surface area is 91.3 Å². The fourth-order valence-corrected chi connectivity index (χ4v) is 1.14. The standard InChI is InChI=1S/C11H8O5/c1-2-6-16-9-7(10(12)13)4-3-5-8(9)11(14)15/h1,3-5H,6H2,(H,12,13)(H,14,15). The summed E-state index contributed by atoms with van der Waals surface area (Å²) in [4.78, 5) is 21.7. The van der Waals surface area contributed by atoms with E-state index in [0.29, 0.717) is 0 Å². The van der Waals surface area contributed by atoms with Crippen molar-refractivity contribution in [1.82, 2.24) is 0 Å². The molecule has 16 heavy (non-hydrogen) atoms. The third-order valence-corrected chi connectivity index (χ3v) is 1.78. The van der Waals surface area contributed by atoms with Gasteiger partial charge in [-0.25, -0.2) is 9.59 Å². The van der Waals surface area contributed by atoms with E-state index in [0.717, 1.165) is 0 Å². The molecule has 0 aliphatic carbocycles. The number of aromatic carboxylic acids is 2. The first-order valence-corrected chi connectivity index (χ1v) is 4.23. The molecule has 0 aliphatic heterocycles. The molecule has 0 heterocycles. The van der Waals surface area contributed by atoms with Gasteiger partial charge >= 0.3 is 11.9 Å². The summed E-state index contributed by atoms with van der Waals surface area (Å²) in [6.45, 7) is -0.190. The van der Waals surface area contributed by atoms with Gasteiger partial charge in [-0.2, -0.15) is 0 Å².